The Kier molecular flexibility index (Phi) is 5.08. The van der Waals surface area contributed by atoms with Crippen LogP contribution in [0.25, 0.3) is 0 Å². The number of ketones is 2. The molecule has 0 aromatic rings. The Hall–Kier alpha value is -1.26. The maximum atomic E-state index is 11.6. The van der Waals surface area contributed by atoms with Gasteiger partial charge in [-0.1, -0.05) is 12.2 Å². The highest BCUT2D eigenvalue weighted by molar-refractivity contribution is 6.12. The van der Waals surface area contributed by atoms with Crippen LogP contribution < -0.4 is 0 Å². The van der Waals surface area contributed by atoms with Crippen molar-refractivity contribution >= 4 is 11.6 Å². The summed E-state index contributed by atoms with van der Waals surface area (Å²) in [5, 5.41) is 17.4. The van der Waals surface area contributed by atoms with Crippen molar-refractivity contribution in [3.8, 4) is 0 Å². The van der Waals surface area contributed by atoms with Crippen LogP contribution in [0.3, 0.4) is 0 Å². The zero-order valence-corrected chi connectivity index (χ0v) is 9.11. The SMILES string of the molecule is O=C(CCO)C1=CCCC=C1C(=O)CCO. The van der Waals surface area contributed by atoms with Crippen molar-refractivity contribution in [2.45, 2.75) is 25.7 Å². The van der Waals surface area contributed by atoms with E-state index in [9.17, 15) is 9.59 Å². The van der Waals surface area contributed by atoms with Crippen LogP contribution in [0, 0.1) is 0 Å². The molecule has 4 heteroatoms. The molecule has 1 aliphatic carbocycles. The molecule has 0 bridgehead atoms. The topological polar surface area (TPSA) is 74.6 Å². The third-order valence-corrected chi connectivity index (χ3v) is 2.43. The van der Waals surface area contributed by atoms with Gasteiger partial charge in [-0.3, -0.25) is 9.59 Å². The van der Waals surface area contributed by atoms with Crippen LogP contribution in [0.5, 0.6) is 0 Å². The average molecular weight is 224 g/mol. The highest BCUT2D eigenvalue weighted by atomic mass is 16.3. The van der Waals surface area contributed by atoms with Gasteiger partial charge >= 0.3 is 0 Å². The van der Waals surface area contributed by atoms with Crippen molar-refractivity contribution < 1.29 is 19.8 Å². The number of allylic oxidation sites excluding steroid dienone is 4. The number of aliphatic hydroxyl groups is 2. The van der Waals surface area contributed by atoms with Gasteiger partial charge in [0.15, 0.2) is 11.6 Å². The van der Waals surface area contributed by atoms with Crippen molar-refractivity contribution in [3.63, 3.8) is 0 Å². The normalized spacial score (nSPS) is 15.4. The first-order valence-electron chi connectivity index (χ1n) is 5.39. The molecule has 88 valence electrons. The van der Waals surface area contributed by atoms with Crippen LogP contribution >= 0.6 is 0 Å². The first-order valence-corrected chi connectivity index (χ1v) is 5.39. The minimum atomic E-state index is -0.211. The third-order valence-electron chi connectivity index (χ3n) is 2.43. The molecule has 0 unspecified atom stereocenters. The van der Waals surface area contributed by atoms with Crippen LogP contribution in [0.2, 0.25) is 0 Å². The van der Waals surface area contributed by atoms with E-state index in [2.05, 4.69) is 0 Å². The van der Waals surface area contributed by atoms with Gasteiger partial charge in [0.2, 0.25) is 0 Å². The number of Topliss-reactive ketones (excluding diaryl/α,β-unsaturated/α-hetero) is 2. The van der Waals surface area contributed by atoms with Crippen LogP contribution in [0.15, 0.2) is 23.3 Å². The van der Waals surface area contributed by atoms with Gasteiger partial charge in [0.25, 0.3) is 0 Å². The van der Waals surface area contributed by atoms with E-state index in [0.717, 1.165) is 12.8 Å². The van der Waals surface area contributed by atoms with E-state index in [1.54, 1.807) is 12.2 Å². The fraction of sp³-hybridized carbons (Fsp3) is 0.500. The number of rotatable bonds is 6. The summed E-state index contributed by atoms with van der Waals surface area (Å²) in [4.78, 5) is 23.3. The molecule has 2 N–H and O–H groups in total. The number of hydrogen-bond donors (Lipinski definition) is 2. The molecule has 0 saturated heterocycles. The second kappa shape index (κ2) is 6.35. The number of aliphatic hydroxyl groups excluding tert-OH is 2. The van der Waals surface area contributed by atoms with Gasteiger partial charge in [-0.2, -0.15) is 0 Å². The van der Waals surface area contributed by atoms with Crippen molar-refractivity contribution in [1.29, 1.82) is 0 Å². The van der Waals surface area contributed by atoms with E-state index >= 15 is 0 Å². The molecule has 1 aliphatic rings. The highest BCUT2D eigenvalue weighted by Crippen LogP contribution is 2.22. The number of carbonyl (C=O) groups excluding carboxylic acids is 2. The lowest BCUT2D eigenvalue weighted by Crippen LogP contribution is -2.16. The Labute approximate surface area is 94.3 Å². The summed E-state index contributed by atoms with van der Waals surface area (Å²) >= 11 is 0. The zero-order valence-electron chi connectivity index (χ0n) is 9.11. The monoisotopic (exact) mass is 224 g/mol. The largest absolute Gasteiger partial charge is 0.396 e. The van der Waals surface area contributed by atoms with Crippen molar-refractivity contribution in [2.24, 2.45) is 0 Å². The molecule has 0 aromatic carbocycles. The maximum absolute atomic E-state index is 11.6. The molecule has 4 nitrogen and oxygen atoms in total. The van der Waals surface area contributed by atoms with Gasteiger partial charge in [-0.05, 0) is 12.8 Å². The minimum absolute atomic E-state index is 0.0373. The maximum Gasteiger partial charge on any atom is 0.165 e. The first kappa shape index (κ1) is 12.8. The molecule has 16 heavy (non-hydrogen) atoms. The summed E-state index contributed by atoms with van der Waals surface area (Å²) in [6.07, 6.45) is 5.03. The van der Waals surface area contributed by atoms with Gasteiger partial charge in [-0.25, -0.2) is 0 Å². The molecular formula is C12H16O4. The number of carbonyl (C=O) groups is 2. The first-order chi connectivity index (χ1) is 7.70. The second-order valence-corrected chi connectivity index (χ2v) is 3.61. The molecule has 0 aliphatic heterocycles. The van der Waals surface area contributed by atoms with Crippen LogP contribution in [-0.2, 0) is 9.59 Å². The molecular weight excluding hydrogens is 208 g/mol. The molecule has 0 aromatic heterocycles. The predicted octanol–water partition coefficient (Wildman–Crippen LogP) is 0.536. The summed E-state index contributed by atoms with van der Waals surface area (Å²) in [6, 6.07) is 0. The molecule has 0 radical (unpaired) electrons. The summed E-state index contributed by atoms with van der Waals surface area (Å²) in [5.41, 5.74) is 0.803. The number of hydrogen-bond acceptors (Lipinski definition) is 4. The summed E-state index contributed by atoms with van der Waals surface area (Å²) in [7, 11) is 0. The van der Waals surface area contributed by atoms with Gasteiger partial charge in [0.1, 0.15) is 0 Å². The Bertz CT molecular complexity index is 305. The Morgan fingerprint density at radius 3 is 1.62 bits per heavy atom. The molecule has 0 saturated carbocycles. The second-order valence-electron chi connectivity index (χ2n) is 3.61. The molecule has 0 spiro atoms. The van der Waals surface area contributed by atoms with Crippen molar-refractivity contribution in [3.05, 3.63) is 23.3 Å². The molecule has 0 fully saturated rings. The van der Waals surface area contributed by atoms with Gasteiger partial charge in [0.05, 0.1) is 13.2 Å². The summed E-state index contributed by atoms with van der Waals surface area (Å²) in [6.45, 7) is -0.421. The quantitative estimate of drug-likeness (QED) is 0.690. The van der Waals surface area contributed by atoms with E-state index in [-0.39, 0.29) is 37.6 Å². The smallest absolute Gasteiger partial charge is 0.165 e. The lowest BCUT2D eigenvalue weighted by molar-refractivity contribution is -0.119. The van der Waals surface area contributed by atoms with Gasteiger partial charge < -0.3 is 10.2 Å². The summed E-state index contributed by atoms with van der Waals surface area (Å²) in [5.74, 6) is -0.417. The summed E-state index contributed by atoms with van der Waals surface area (Å²) < 4.78 is 0. The lowest BCUT2D eigenvalue weighted by Gasteiger charge is -2.13. The predicted molar refractivity (Wildman–Crippen MR) is 58.8 cm³/mol. The van der Waals surface area contributed by atoms with Gasteiger partial charge in [-0.15, -0.1) is 0 Å². The highest BCUT2D eigenvalue weighted by Gasteiger charge is 2.21. The van der Waals surface area contributed by atoms with E-state index in [1.807, 2.05) is 0 Å². The van der Waals surface area contributed by atoms with E-state index in [4.69, 9.17) is 10.2 Å². The molecule has 0 heterocycles. The molecule has 1 rings (SSSR count). The standard InChI is InChI=1S/C12H16O4/c13-7-5-11(15)9-3-1-2-4-10(9)12(16)6-8-14/h3-4,13-14H,1-2,5-8H2. The minimum Gasteiger partial charge on any atom is -0.396 e. The van der Waals surface area contributed by atoms with E-state index < -0.39 is 0 Å². The van der Waals surface area contributed by atoms with E-state index in [1.165, 1.54) is 0 Å². The third kappa shape index (κ3) is 3.12. The Morgan fingerprint density at radius 1 is 0.938 bits per heavy atom. The van der Waals surface area contributed by atoms with Crippen molar-refractivity contribution in [2.75, 3.05) is 13.2 Å². The zero-order chi connectivity index (χ0) is 12.0. The fourth-order valence-corrected chi connectivity index (χ4v) is 1.68. The van der Waals surface area contributed by atoms with Crippen LogP contribution in [0.4, 0.5) is 0 Å². The van der Waals surface area contributed by atoms with Crippen LogP contribution in [0.1, 0.15) is 25.7 Å². The van der Waals surface area contributed by atoms with Crippen molar-refractivity contribution in [1.82, 2.24) is 0 Å². The molecule has 0 amide bonds. The van der Waals surface area contributed by atoms with E-state index in [0.29, 0.717) is 11.1 Å². The molecule has 0 atom stereocenters. The Morgan fingerprint density at radius 2 is 1.31 bits per heavy atom. The fourth-order valence-electron chi connectivity index (χ4n) is 1.68. The van der Waals surface area contributed by atoms with Gasteiger partial charge in [0, 0.05) is 24.0 Å². The average Bonchev–Trinajstić information content (AvgIpc) is 2.30. The van der Waals surface area contributed by atoms with Crippen LogP contribution in [-0.4, -0.2) is 35.0 Å². The lowest BCUT2D eigenvalue weighted by atomic mass is 9.90. The Balaban J connectivity index is 2.81.